The minimum atomic E-state index is -2.91. The highest BCUT2D eigenvalue weighted by molar-refractivity contribution is 14.0. The Balaban J connectivity index is 0.00000900. The number of nitrogens with one attached hydrogen (secondary N) is 2. The summed E-state index contributed by atoms with van der Waals surface area (Å²) >= 11 is 0. The van der Waals surface area contributed by atoms with Crippen LogP contribution in [-0.2, 0) is 11.3 Å². The lowest BCUT2D eigenvalue weighted by atomic mass is 10.2. The summed E-state index contributed by atoms with van der Waals surface area (Å²) in [7, 11) is 5.70. The van der Waals surface area contributed by atoms with E-state index >= 15 is 0 Å². The Kier molecular flexibility index (Phi) is 16.4. The lowest BCUT2D eigenvalue weighted by Crippen LogP contribution is -2.42. The fraction of sp³-hybridized carbons (Fsp3) is 0.667. The van der Waals surface area contributed by atoms with Gasteiger partial charge in [0.15, 0.2) is 5.96 Å². The number of aliphatic imine (C=N–C) groups is 1. The van der Waals surface area contributed by atoms with Gasteiger partial charge in [0.2, 0.25) is 0 Å². The molecule has 0 aliphatic heterocycles. The van der Waals surface area contributed by atoms with E-state index in [4.69, 9.17) is 9.47 Å². The maximum Gasteiger partial charge on any atom is 0.387 e. The molecule has 0 bridgehead atoms. The molecule has 7 nitrogen and oxygen atoms in total. The van der Waals surface area contributed by atoms with Crippen molar-refractivity contribution in [2.24, 2.45) is 4.99 Å². The molecule has 180 valence electrons. The molecule has 0 aliphatic rings. The third kappa shape index (κ3) is 12.9. The first-order chi connectivity index (χ1) is 14.4. The van der Waals surface area contributed by atoms with Crippen LogP contribution in [0.4, 0.5) is 8.78 Å². The topological polar surface area (TPSA) is 67.4 Å². The van der Waals surface area contributed by atoms with E-state index in [1.807, 2.05) is 27.9 Å². The molecule has 1 atom stereocenters. The molecule has 0 heterocycles. The van der Waals surface area contributed by atoms with Gasteiger partial charge in [-0.05, 0) is 46.0 Å². The molecule has 10 heteroatoms. The third-order valence-corrected chi connectivity index (χ3v) is 4.20. The molecule has 1 aromatic rings. The van der Waals surface area contributed by atoms with Crippen LogP contribution in [0.1, 0.15) is 32.3 Å². The first-order valence-electron chi connectivity index (χ1n) is 10.3. The van der Waals surface area contributed by atoms with Crippen LogP contribution in [0.15, 0.2) is 23.2 Å². The predicted octanol–water partition coefficient (Wildman–Crippen LogP) is 3.72. The van der Waals surface area contributed by atoms with Gasteiger partial charge in [-0.1, -0.05) is 6.92 Å². The highest BCUT2D eigenvalue weighted by Gasteiger charge is 2.13. The second-order valence-electron chi connectivity index (χ2n) is 6.97. The maximum absolute atomic E-state index is 12.8. The first-order valence-corrected chi connectivity index (χ1v) is 10.3. The summed E-state index contributed by atoms with van der Waals surface area (Å²) in [5.74, 6) is 1.14. The summed E-state index contributed by atoms with van der Waals surface area (Å²) in [6.45, 7) is 3.95. The van der Waals surface area contributed by atoms with Gasteiger partial charge in [-0.2, -0.15) is 8.78 Å². The molecule has 0 spiro atoms. The Hall–Kier alpha value is -1.40. The molecule has 0 aliphatic carbocycles. The number of hydrogen-bond acceptors (Lipinski definition) is 5. The normalized spacial score (nSPS) is 12.5. The lowest BCUT2D eigenvalue weighted by molar-refractivity contribution is -0.0505. The Morgan fingerprint density at radius 1 is 1.19 bits per heavy atom. The molecule has 1 unspecified atom stereocenters. The van der Waals surface area contributed by atoms with Crippen molar-refractivity contribution in [3.63, 3.8) is 0 Å². The minimum Gasteiger partial charge on any atom is -0.493 e. The lowest BCUT2D eigenvalue weighted by Gasteiger charge is -2.21. The minimum absolute atomic E-state index is 0. The van der Waals surface area contributed by atoms with Crippen molar-refractivity contribution in [1.29, 1.82) is 0 Å². The SMILES string of the molecule is CCCOc1ccc(CNC(=NC)NCC(CCN(C)C)OCC)c(OC(F)F)c1.I. The average molecular weight is 558 g/mol. The number of guanidine groups is 1. The number of hydrogen-bond donors (Lipinski definition) is 2. The van der Waals surface area contributed by atoms with Crippen molar-refractivity contribution in [3.05, 3.63) is 23.8 Å². The summed E-state index contributed by atoms with van der Waals surface area (Å²) in [6, 6.07) is 4.94. The third-order valence-electron chi connectivity index (χ3n) is 4.20. The summed E-state index contributed by atoms with van der Waals surface area (Å²) in [5, 5.41) is 6.36. The summed E-state index contributed by atoms with van der Waals surface area (Å²) in [6.07, 6.45) is 1.76. The number of nitrogens with zero attached hydrogens (tertiary/aromatic N) is 2. The van der Waals surface area contributed by atoms with E-state index in [1.165, 1.54) is 6.07 Å². The van der Waals surface area contributed by atoms with Crippen LogP contribution >= 0.6 is 24.0 Å². The quantitative estimate of drug-likeness (QED) is 0.206. The van der Waals surface area contributed by atoms with Crippen molar-refractivity contribution in [1.82, 2.24) is 15.5 Å². The summed E-state index contributed by atoms with van der Waals surface area (Å²) in [5.41, 5.74) is 0.580. The van der Waals surface area contributed by atoms with Crippen LogP contribution in [0.5, 0.6) is 11.5 Å². The van der Waals surface area contributed by atoms with Crippen LogP contribution in [0, 0.1) is 0 Å². The van der Waals surface area contributed by atoms with E-state index in [0.717, 1.165) is 19.4 Å². The zero-order chi connectivity index (χ0) is 22.4. The molecule has 0 saturated carbocycles. The number of ether oxygens (including phenoxy) is 3. The van der Waals surface area contributed by atoms with Crippen LogP contribution < -0.4 is 20.1 Å². The monoisotopic (exact) mass is 558 g/mol. The van der Waals surface area contributed by atoms with Crippen molar-refractivity contribution < 1.29 is 23.0 Å². The number of benzene rings is 1. The van der Waals surface area contributed by atoms with Gasteiger partial charge < -0.3 is 29.7 Å². The Labute approximate surface area is 201 Å². The molecule has 1 rings (SSSR count). The van der Waals surface area contributed by atoms with Crippen LogP contribution in [-0.4, -0.2) is 71.0 Å². The average Bonchev–Trinajstić information content (AvgIpc) is 2.70. The molecule has 0 aromatic heterocycles. The smallest absolute Gasteiger partial charge is 0.387 e. The van der Waals surface area contributed by atoms with Crippen LogP contribution in [0.3, 0.4) is 0 Å². The van der Waals surface area contributed by atoms with Gasteiger partial charge in [0.05, 0.1) is 12.7 Å². The highest BCUT2D eigenvalue weighted by Crippen LogP contribution is 2.26. The van der Waals surface area contributed by atoms with Crippen molar-refractivity contribution in [2.75, 3.05) is 47.4 Å². The molecule has 0 fully saturated rings. The molecule has 31 heavy (non-hydrogen) atoms. The van der Waals surface area contributed by atoms with Crippen molar-refractivity contribution in [3.8, 4) is 11.5 Å². The molecular weight excluding hydrogens is 521 g/mol. The maximum atomic E-state index is 12.8. The second-order valence-corrected chi connectivity index (χ2v) is 6.97. The molecular formula is C21H37F2IN4O3. The molecule has 0 radical (unpaired) electrons. The van der Waals surface area contributed by atoms with E-state index in [-0.39, 0.29) is 42.4 Å². The second kappa shape index (κ2) is 17.2. The number of rotatable bonds is 14. The van der Waals surface area contributed by atoms with Crippen LogP contribution in [0.2, 0.25) is 0 Å². The van der Waals surface area contributed by atoms with E-state index < -0.39 is 6.61 Å². The van der Waals surface area contributed by atoms with Crippen molar-refractivity contribution >= 4 is 29.9 Å². The number of alkyl halides is 2. The van der Waals surface area contributed by atoms with Crippen LogP contribution in [0.25, 0.3) is 0 Å². The van der Waals surface area contributed by atoms with E-state index in [2.05, 4.69) is 25.3 Å². The Morgan fingerprint density at radius 2 is 1.94 bits per heavy atom. The zero-order valence-electron chi connectivity index (χ0n) is 19.1. The highest BCUT2D eigenvalue weighted by atomic mass is 127. The fourth-order valence-corrected chi connectivity index (χ4v) is 2.69. The van der Waals surface area contributed by atoms with E-state index in [0.29, 0.717) is 37.0 Å². The molecule has 0 amide bonds. The predicted molar refractivity (Wildman–Crippen MR) is 131 cm³/mol. The largest absolute Gasteiger partial charge is 0.493 e. The van der Waals surface area contributed by atoms with Gasteiger partial charge in [-0.15, -0.1) is 24.0 Å². The zero-order valence-corrected chi connectivity index (χ0v) is 21.5. The van der Waals surface area contributed by atoms with Gasteiger partial charge in [0.25, 0.3) is 0 Å². The Morgan fingerprint density at radius 3 is 2.52 bits per heavy atom. The standard InChI is InChI=1S/C21H36F2N4O3.HI/c1-6-12-29-17-9-8-16(19(13-17)30-20(22)23)14-25-21(24-3)26-15-18(28-7-2)10-11-27(4)5;/h8-9,13,18,20H,6-7,10-12,14-15H2,1-5H3,(H2,24,25,26);1H. The number of halogens is 3. The molecule has 2 N–H and O–H groups in total. The van der Waals surface area contributed by atoms with Crippen molar-refractivity contribution in [2.45, 2.75) is 45.9 Å². The van der Waals surface area contributed by atoms with Gasteiger partial charge in [0, 0.05) is 44.9 Å². The van der Waals surface area contributed by atoms with Gasteiger partial charge in [-0.25, -0.2) is 0 Å². The fourth-order valence-electron chi connectivity index (χ4n) is 2.69. The molecule has 0 saturated heterocycles. The van der Waals surface area contributed by atoms with E-state index in [1.54, 1.807) is 19.2 Å². The summed E-state index contributed by atoms with van der Waals surface area (Å²) < 4.78 is 41.6. The van der Waals surface area contributed by atoms with Gasteiger partial charge in [-0.3, -0.25) is 4.99 Å². The first kappa shape index (κ1) is 29.6. The Bertz CT molecular complexity index is 637. The van der Waals surface area contributed by atoms with Gasteiger partial charge in [0.1, 0.15) is 11.5 Å². The van der Waals surface area contributed by atoms with E-state index in [9.17, 15) is 8.78 Å². The molecule has 1 aromatic carbocycles. The van der Waals surface area contributed by atoms with Gasteiger partial charge >= 0.3 is 6.61 Å². The summed E-state index contributed by atoms with van der Waals surface area (Å²) in [4.78, 5) is 6.30.